The number of halogens is 3. The average molecular weight is 517 g/mol. The van der Waals surface area contributed by atoms with Crippen molar-refractivity contribution in [2.75, 3.05) is 6.61 Å². The third-order valence-electron chi connectivity index (χ3n) is 4.69. The monoisotopic (exact) mass is 516 g/mol. The summed E-state index contributed by atoms with van der Waals surface area (Å²) in [6.45, 7) is -0.0355. The van der Waals surface area contributed by atoms with Gasteiger partial charge in [0.2, 0.25) is 0 Å². The van der Waals surface area contributed by atoms with E-state index in [9.17, 15) is 9.18 Å². The van der Waals surface area contributed by atoms with Gasteiger partial charge in [0.1, 0.15) is 11.6 Å². The zero-order valence-corrected chi connectivity index (χ0v) is 20.1. The van der Waals surface area contributed by atoms with E-state index >= 15 is 0 Å². The molecule has 0 spiro atoms. The summed E-state index contributed by atoms with van der Waals surface area (Å²) >= 11 is 14.1. The number of aromatic nitrogens is 3. The number of para-hydroxylation sites is 1. The molecule has 174 valence electrons. The zero-order chi connectivity index (χ0) is 23.9. The van der Waals surface area contributed by atoms with Crippen molar-refractivity contribution in [2.45, 2.75) is 17.5 Å². The molecule has 0 radical (unpaired) electrons. The highest BCUT2D eigenvalue weighted by Crippen LogP contribution is 2.31. The fraction of sp³-hybridized carbons (Fsp3) is 0.125. The van der Waals surface area contributed by atoms with E-state index < -0.39 is 0 Å². The Hall–Kier alpha value is -3.07. The van der Waals surface area contributed by atoms with Crippen molar-refractivity contribution >= 4 is 40.9 Å². The molecule has 10 heteroatoms. The van der Waals surface area contributed by atoms with Gasteiger partial charge >= 0.3 is 0 Å². The quantitative estimate of drug-likeness (QED) is 0.289. The Kier molecular flexibility index (Phi) is 8.05. The molecule has 0 fully saturated rings. The van der Waals surface area contributed by atoms with Crippen LogP contribution in [-0.4, -0.2) is 27.3 Å². The Labute approximate surface area is 210 Å². The first kappa shape index (κ1) is 24.1. The number of amides is 1. The topological polar surface area (TPSA) is 69.0 Å². The molecule has 0 aliphatic rings. The first-order valence-corrected chi connectivity index (χ1v) is 12.0. The Balaban J connectivity index is 1.51. The number of benzene rings is 3. The van der Waals surface area contributed by atoms with Crippen LogP contribution in [0.2, 0.25) is 10.0 Å². The van der Waals surface area contributed by atoms with E-state index in [2.05, 4.69) is 15.5 Å². The van der Waals surface area contributed by atoms with Crippen LogP contribution < -0.4 is 10.1 Å². The van der Waals surface area contributed by atoms with Gasteiger partial charge in [-0.3, -0.25) is 9.36 Å². The molecule has 4 aromatic rings. The standard InChI is InChI=1S/C24H19Cl2FN4O2S/c25-17-8-11-20(26)21(12-17)31-22(13-28-23(32)14-33-19-4-2-1-3-5-19)29-30-24(31)34-15-16-6-9-18(27)10-7-16/h1-12H,13-15H2,(H,28,32). The number of carbonyl (C=O) groups is 1. The number of thioether (sulfide) groups is 1. The van der Waals surface area contributed by atoms with Gasteiger partial charge in [-0.25, -0.2) is 4.39 Å². The number of rotatable bonds is 9. The van der Waals surface area contributed by atoms with Crippen molar-refractivity contribution in [3.8, 4) is 11.4 Å². The maximum absolute atomic E-state index is 13.2. The number of nitrogens with zero attached hydrogens (tertiary/aromatic N) is 3. The highest BCUT2D eigenvalue weighted by Gasteiger charge is 2.18. The third kappa shape index (κ3) is 6.28. The lowest BCUT2D eigenvalue weighted by molar-refractivity contribution is -0.123. The smallest absolute Gasteiger partial charge is 0.258 e. The summed E-state index contributed by atoms with van der Waals surface area (Å²) in [7, 11) is 0. The molecule has 0 bridgehead atoms. The van der Waals surface area contributed by atoms with E-state index in [1.54, 1.807) is 47.0 Å². The summed E-state index contributed by atoms with van der Waals surface area (Å²) in [5, 5.41) is 12.8. The molecule has 3 aromatic carbocycles. The van der Waals surface area contributed by atoms with E-state index in [4.69, 9.17) is 27.9 Å². The second kappa shape index (κ2) is 11.4. The Bertz CT molecular complexity index is 1270. The molecule has 1 aromatic heterocycles. The van der Waals surface area contributed by atoms with Crippen LogP contribution in [0.15, 0.2) is 78.0 Å². The van der Waals surface area contributed by atoms with E-state index in [0.717, 1.165) is 5.56 Å². The largest absolute Gasteiger partial charge is 0.484 e. The van der Waals surface area contributed by atoms with Gasteiger partial charge in [0.05, 0.1) is 17.3 Å². The lowest BCUT2D eigenvalue weighted by Gasteiger charge is -2.13. The number of ether oxygens (including phenoxy) is 1. The fourth-order valence-corrected chi connectivity index (χ4v) is 4.32. The number of carbonyl (C=O) groups excluding carboxylic acids is 1. The van der Waals surface area contributed by atoms with Crippen molar-refractivity contribution in [3.05, 3.63) is 100 Å². The SMILES string of the molecule is O=C(COc1ccccc1)NCc1nnc(SCc2ccc(F)cc2)n1-c1cc(Cl)ccc1Cl. The van der Waals surface area contributed by atoms with Gasteiger partial charge in [-0.05, 0) is 48.0 Å². The summed E-state index contributed by atoms with van der Waals surface area (Å²) in [5.41, 5.74) is 1.51. The summed E-state index contributed by atoms with van der Waals surface area (Å²) < 4.78 is 20.5. The highest BCUT2D eigenvalue weighted by atomic mass is 35.5. The fourth-order valence-electron chi connectivity index (χ4n) is 3.03. The van der Waals surface area contributed by atoms with Crippen LogP contribution in [-0.2, 0) is 17.1 Å². The summed E-state index contributed by atoms with van der Waals surface area (Å²) in [6, 6.07) is 20.4. The van der Waals surface area contributed by atoms with Crippen LogP contribution in [0.4, 0.5) is 4.39 Å². The van der Waals surface area contributed by atoms with Crippen LogP contribution in [0.1, 0.15) is 11.4 Å². The van der Waals surface area contributed by atoms with Gasteiger partial charge in [-0.15, -0.1) is 10.2 Å². The minimum atomic E-state index is -0.309. The van der Waals surface area contributed by atoms with Gasteiger partial charge in [0, 0.05) is 10.8 Å². The normalized spacial score (nSPS) is 10.8. The van der Waals surface area contributed by atoms with Crippen molar-refractivity contribution in [2.24, 2.45) is 0 Å². The molecule has 34 heavy (non-hydrogen) atoms. The molecule has 0 atom stereocenters. The van der Waals surface area contributed by atoms with Gasteiger partial charge in [0.15, 0.2) is 17.6 Å². The van der Waals surface area contributed by atoms with Gasteiger partial charge in [0.25, 0.3) is 5.91 Å². The predicted octanol–water partition coefficient (Wildman–Crippen LogP) is 5.70. The molecule has 0 aliphatic heterocycles. The summed E-state index contributed by atoms with van der Waals surface area (Å²) in [5.74, 6) is 1.01. The highest BCUT2D eigenvalue weighted by molar-refractivity contribution is 7.98. The van der Waals surface area contributed by atoms with Crippen LogP contribution >= 0.6 is 35.0 Å². The van der Waals surface area contributed by atoms with Crippen LogP contribution in [0.5, 0.6) is 5.75 Å². The maximum Gasteiger partial charge on any atom is 0.258 e. The minimum Gasteiger partial charge on any atom is -0.484 e. The Morgan fingerprint density at radius 3 is 2.56 bits per heavy atom. The molecule has 0 saturated heterocycles. The summed E-state index contributed by atoms with van der Waals surface area (Å²) in [4.78, 5) is 12.3. The first-order chi connectivity index (χ1) is 16.5. The molecule has 1 N–H and O–H groups in total. The van der Waals surface area contributed by atoms with E-state index in [1.165, 1.54) is 23.9 Å². The molecule has 1 amide bonds. The molecule has 4 rings (SSSR count). The number of hydrogen-bond donors (Lipinski definition) is 1. The average Bonchev–Trinajstić information content (AvgIpc) is 3.25. The van der Waals surface area contributed by atoms with Gasteiger partial charge in [-0.2, -0.15) is 0 Å². The Morgan fingerprint density at radius 1 is 1.03 bits per heavy atom. The molecule has 6 nitrogen and oxygen atoms in total. The Morgan fingerprint density at radius 2 is 1.79 bits per heavy atom. The minimum absolute atomic E-state index is 0.101. The zero-order valence-electron chi connectivity index (χ0n) is 17.7. The van der Waals surface area contributed by atoms with Crippen LogP contribution in [0.25, 0.3) is 5.69 Å². The molecule has 1 heterocycles. The van der Waals surface area contributed by atoms with Gasteiger partial charge in [-0.1, -0.05) is 65.3 Å². The molecule has 0 unspecified atom stereocenters. The van der Waals surface area contributed by atoms with Crippen LogP contribution in [0, 0.1) is 5.82 Å². The van der Waals surface area contributed by atoms with Crippen molar-refractivity contribution in [1.82, 2.24) is 20.1 Å². The van der Waals surface area contributed by atoms with Crippen molar-refractivity contribution in [1.29, 1.82) is 0 Å². The maximum atomic E-state index is 13.2. The lowest BCUT2D eigenvalue weighted by Crippen LogP contribution is -2.29. The van der Waals surface area contributed by atoms with Crippen molar-refractivity contribution < 1.29 is 13.9 Å². The number of hydrogen-bond acceptors (Lipinski definition) is 5. The summed E-state index contributed by atoms with van der Waals surface area (Å²) in [6.07, 6.45) is 0. The molecule has 0 saturated carbocycles. The predicted molar refractivity (Wildman–Crippen MR) is 131 cm³/mol. The third-order valence-corrected chi connectivity index (χ3v) is 6.24. The molecule has 0 aliphatic carbocycles. The van der Waals surface area contributed by atoms with E-state index in [-0.39, 0.29) is 24.9 Å². The first-order valence-electron chi connectivity index (χ1n) is 10.2. The second-order valence-corrected chi connectivity index (χ2v) is 8.91. The number of nitrogens with one attached hydrogen (secondary N) is 1. The molecular formula is C24H19Cl2FN4O2S. The van der Waals surface area contributed by atoms with Crippen molar-refractivity contribution in [3.63, 3.8) is 0 Å². The van der Waals surface area contributed by atoms with Gasteiger partial charge < -0.3 is 10.1 Å². The van der Waals surface area contributed by atoms with E-state index in [1.807, 2.05) is 18.2 Å². The molecular weight excluding hydrogens is 498 g/mol. The second-order valence-electron chi connectivity index (χ2n) is 7.12. The van der Waals surface area contributed by atoms with Crippen LogP contribution in [0.3, 0.4) is 0 Å². The lowest BCUT2D eigenvalue weighted by atomic mass is 10.2. The van der Waals surface area contributed by atoms with E-state index in [0.29, 0.717) is 38.2 Å².